The number of likely N-dealkylation sites (N-methyl/N-ethyl adjacent to an activating group) is 1. The lowest BCUT2D eigenvalue weighted by Gasteiger charge is -2.31. The third kappa shape index (κ3) is 4.86. The zero-order chi connectivity index (χ0) is 24.2. The monoisotopic (exact) mass is 500 g/mol. The van der Waals surface area contributed by atoms with E-state index in [0.717, 1.165) is 13.1 Å². The van der Waals surface area contributed by atoms with Gasteiger partial charge in [0, 0.05) is 37.6 Å². The van der Waals surface area contributed by atoms with Crippen molar-refractivity contribution in [2.75, 3.05) is 52.3 Å². The Morgan fingerprint density at radius 1 is 1.03 bits per heavy atom. The molecule has 2 aromatic carbocycles. The number of hydrogen-bond donors (Lipinski definition) is 0. The molecule has 0 saturated carbocycles. The minimum atomic E-state index is -0.370. The number of amides is 2. The Bertz CT molecular complexity index is 1190. The molecule has 1 aliphatic rings. The van der Waals surface area contributed by atoms with Gasteiger partial charge in [0.2, 0.25) is 0 Å². The highest BCUT2D eigenvalue weighted by molar-refractivity contribution is 7.14. The number of nitrogens with zero attached hydrogens (tertiary/aromatic N) is 4. The van der Waals surface area contributed by atoms with E-state index in [1.54, 1.807) is 59.9 Å². The molecular weight excluding hydrogens is 476 g/mol. The van der Waals surface area contributed by atoms with Gasteiger partial charge in [-0.1, -0.05) is 23.7 Å². The lowest BCUT2D eigenvalue weighted by molar-refractivity contribution is 0.0658. The maximum absolute atomic E-state index is 13.7. The van der Waals surface area contributed by atoms with Gasteiger partial charge in [0.05, 0.1) is 30.5 Å². The molecule has 0 N–H and O–H groups in total. The zero-order valence-corrected chi connectivity index (χ0v) is 20.7. The van der Waals surface area contributed by atoms with Crippen LogP contribution in [0, 0.1) is 0 Å². The van der Waals surface area contributed by atoms with E-state index in [9.17, 15) is 9.59 Å². The number of thiazole rings is 1. The van der Waals surface area contributed by atoms with Crippen LogP contribution in [0.4, 0.5) is 10.8 Å². The van der Waals surface area contributed by atoms with Gasteiger partial charge < -0.3 is 19.3 Å². The average molecular weight is 501 g/mol. The minimum absolute atomic E-state index is 0.145. The largest absolute Gasteiger partial charge is 0.493 e. The summed E-state index contributed by atoms with van der Waals surface area (Å²) in [5.74, 6) is 0.475. The van der Waals surface area contributed by atoms with Gasteiger partial charge in [0.15, 0.2) is 16.6 Å². The summed E-state index contributed by atoms with van der Waals surface area (Å²) in [7, 11) is 5.10. The van der Waals surface area contributed by atoms with Gasteiger partial charge in [0.1, 0.15) is 5.69 Å². The predicted octanol–water partition coefficient (Wildman–Crippen LogP) is 4.18. The van der Waals surface area contributed by atoms with E-state index in [-0.39, 0.29) is 11.8 Å². The molecule has 0 atom stereocenters. The van der Waals surface area contributed by atoms with Crippen molar-refractivity contribution in [2.45, 2.75) is 0 Å². The van der Waals surface area contributed by atoms with Gasteiger partial charge in [-0.05, 0) is 31.3 Å². The molecule has 0 spiro atoms. The van der Waals surface area contributed by atoms with Gasteiger partial charge in [-0.25, -0.2) is 4.98 Å². The third-order valence-corrected chi connectivity index (χ3v) is 6.78. The van der Waals surface area contributed by atoms with Crippen LogP contribution in [0.15, 0.2) is 47.8 Å². The van der Waals surface area contributed by atoms with Crippen molar-refractivity contribution in [3.05, 3.63) is 64.1 Å². The second kappa shape index (κ2) is 10.4. The number of ether oxygens (including phenoxy) is 2. The minimum Gasteiger partial charge on any atom is -0.493 e. The molecule has 0 bridgehead atoms. The number of carbonyl (C=O) groups excluding carboxylic acids is 2. The fourth-order valence-electron chi connectivity index (χ4n) is 3.67. The van der Waals surface area contributed by atoms with Gasteiger partial charge in [-0.2, -0.15) is 0 Å². The number of piperazine rings is 1. The van der Waals surface area contributed by atoms with Crippen LogP contribution in [0.1, 0.15) is 20.8 Å². The average Bonchev–Trinajstić information content (AvgIpc) is 3.34. The topological polar surface area (TPSA) is 75.2 Å². The van der Waals surface area contributed by atoms with E-state index in [1.807, 2.05) is 7.05 Å². The number of aromatic nitrogens is 1. The maximum Gasteiger partial charge on any atom is 0.273 e. The van der Waals surface area contributed by atoms with Gasteiger partial charge in [-0.3, -0.25) is 14.5 Å². The van der Waals surface area contributed by atoms with Crippen molar-refractivity contribution >= 4 is 45.6 Å². The number of benzene rings is 2. The second-order valence-electron chi connectivity index (χ2n) is 7.77. The second-order valence-corrected chi connectivity index (χ2v) is 9.01. The first-order chi connectivity index (χ1) is 16.4. The van der Waals surface area contributed by atoms with E-state index < -0.39 is 0 Å². The highest BCUT2D eigenvalue weighted by Crippen LogP contribution is 2.37. The summed E-state index contributed by atoms with van der Waals surface area (Å²) in [5, 5.41) is 2.36. The van der Waals surface area contributed by atoms with E-state index in [0.29, 0.717) is 51.7 Å². The normalized spacial score (nSPS) is 14.1. The van der Waals surface area contributed by atoms with Crippen molar-refractivity contribution in [2.24, 2.45) is 0 Å². The van der Waals surface area contributed by atoms with Crippen molar-refractivity contribution in [1.29, 1.82) is 0 Å². The summed E-state index contributed by atoms with van der Waals surface area (Å²) < 4.78 is 10.8. The molecule has 0 aliphatic carbocycles. The molecule has 3 aromatic rings. The molecular formula is C24H25ClN4O4S. The molecule has 2 heterocycles. The van der Waals surface area contributed by atoms with Gasteiger partial charge >= 0.3 is 0 Å². The van der Waals surface area contributed by atoms with Crippen LogP contribution in [0.2, 0.25) is 5.02 Å². The Morgan fingerprint density at radius 2 is 1.74 bits per heavy atom. The van der Waals surface area contributed by atoms with Crippen molar-refractivity contribution in [3.63, 3.8) is 0 Å². The third-order valence-electron chi connectivity index (χ3n) is 5.63. The van der Waals surface area contributed by atoms with Crippen molar-refractivity contribution in [3.8, 4) is 11.5 Å². The molecule has 8 nitrogen and oxygen atoms in total. The summed E-state index contributed by atoms with van der Waals surface area (Å²) in [6, 6.07) is 12.0. The fourth-order valence-corrected chi connectivity index (χ4v) is 4.70. The molecule has 1 aliphatic heterocycles. The molecule has 1 aromatic heterocycles. The molecule has 4 rings (SSSR count). The van der Waals surface area contributed by atoms with E-state index in [4.69, 9.17) is 21.1 Å². The Labute approximate surface area is 207 Å². The molecule has 10 heteroatoms. The first kappa shape index (κ1) is 24.0. The number of halogens is 1. The van der Waals surface area contributed by atoms with Crippen LogP contribution >= 0.6 is 22.9 Å². The summed E-state index contributed by atoms with van der Waals surface area (Å²) in [4.78, 5) is 36.7. The lowest BCUT2D eigenvalue weighted by Crippen LogP contribution is -2.47. The van der Waals surface area contributed by atoms with Crippen molar-refractivity contribution < 1.29 is 19.1 Å². The number of anilines is 2. The zero-order valence-electron chi connectivity index (χ0n) is 19.2. The Kier molecular flexibility index (Phi) is 7.35. The SMILES string of the molecule is COc1ccc(N(C(=O)c2ccccc2Cl)c2nc(C(=O)N3CCN(C)CC3)cs2)cc1OC. The quantitative estimate of drug-likeness (QED) is 0.505. The molecule has 0 unspecified atom stereocenters. The number of carbonyl (C=O) groups is 2. The Hall–Kier alpha value is -3.14. The summed E-state index contributed by atoms with van der Waals surface area (Å²) in [5.41, 5.74) is 1.14. The van der Waals surface area contributed by atoms with Crippen molar-refractivity contribution in [1.82, 2.24) is 14.8 Å². The van der Waals surface area contributed by atoms with Crippen LogP contribution in [-0.2, 0) is 0 Å². The van der Waals surface area contributed by atoms with Gasteiger partial charge in [-0.15, -0.1) is 11.3 Å². The maximum atomic E-state index is 13.7. The van der Waals surface area contributed by atoms with Crippen LogP contribution in [-0.4, -0.2) is 74.0 Å². The number of rotatable bonds is 6. The first-order valence-electron chi connectivity index (χ1n) is 10.7. The van der Waals surface area contributed by atoms with Crippen LogP contribution < -0.4 is 14.4 Å². The van der Waals surface area contributed by atoms with Crippen LogP contribution in [0.3, 0.4) is 0 Å². The Morgan fingerprint density at radius 3 is 2.41 bits per heavy atom. The van der Waals surface area contributed by atoms with E-state index in [1.165, 1.54) is 23.3 Å². The molecule has 0 radical (unpaired) electrons. The summed E-state index contributed by atoms with van der Waals surface area (Å²) in [6.45, 7) is 2.90. The summed E-state index contributed by atoms with van der Waals surface area (Å²) >= 11 is 7.56. The summed E-state index contributed by atoms with van der Waals surface area (Å²) in [6.07, 6.45) is 0. The molecule has 1 saturated heterocycles. The molecule has 34 heavy (non-hydrogen) atoms. The predicted molar refractivity (Wildman–Crippen MR) is 133 cm³/mol. The molecule has 2 amide bonds. The van der Waals surface area contributed by atoms with Crippen LogP contribution in [0.5, 0.6) is 11.5 Å². The smallest absolute Gasteiger partial charge is 0.273 e. The fraction of sp³-hybridized carbons (Fsp3) is 0.292. The number of methoxy groups -OCH3 is 2. The highest BCUT2D eigenvalue weighted by Gasteiger charge is 2.28. The first-order valence-corrected chi connectivity index (χ1v) is 11.9. The van der Waals surface area contributed by atoms with E-state index >= 15 is 0 Å². The standard InChI is InChI=1S/C24H25ClN4O4S/c1-27-10-12-28(13-11-27)23(31)19-15-34-24(26-19)29(22(30)17-6-4-5-7-18(17)25)16-8-9-20(32-2)21(14-16)33-3/h4-9,14-15H,10-13H2,1-3H3. The Balaban J connectivity index is 1.73. The molecule has 1 fully saturated rings. The van der Waals surface area contributed by atoms with E-state index in [2.05, 4.69) is 9.88 Å². The lowest BCUT2D eigenvalue weighted by atomic mass is 10.1. The molecule has 178 valence electrons. The highest BCUT2D eigenvalue weighted by atomic mass is 35.5. The van der Waals surface area contributed by atoms with Crippen LogP contribution in [0.25, 0.3) is 0 Å². The van der Waals surface area contributed by atoms with Gasteiger partial charge in [0.25, 0.3) is 11.8 Å². The number of hydrogen-bond acceptors (Lipinski definition) is 7.